The van der Waals surface area contributed by atoms with Crippen LogP contribution < -0.4 is 16.1 Å². The van der Waals surface area contributed by atoms with Crippen molar-refractivity contribution in [2.75, 3.05) is 31.1 Å². The van der Waals surface area contributed by atoms with Crippen LogP contribution in [0.4, 0.5) is 5.69 Å². The van der Waals surface area contributed by atoms with Gasteiger partial charge in [-0.1, -0.05) is 17.7 Å². The van der Waals surface area contributed by atoms with E-state index in [2.05, 4.69) is 16.8 Å². The molecule has 1 saturated heterocycles. The summed E-state index contributed by atoms with van der Waals surface area (Å²) in [6.07, 6.45) is 0.761. The molecule has 1 amide bonds. The zero-order valence-electron chi connectivity index (χ0n) is 16.7. The number of hydrogen-bond donors (Lipinski definition) is 1. The van der Waals surface area contributed by atoms with Crippen LogP contribution in [0.5, 0.6) is 0 Å². The van der Waals surface area contributed by atoms with E-state index < -0.39 is 5.69 Å². The first kappa shape index (κ1) is 20.7. The number of nitrogens with one attached hydrogen (secondary N) is 1. The predicted molar refractivity (Wildman–Crippen MR) is 121 cm³/mol. The largest absolute Gasteiger partial charge is 0.368 e. The molecule has 3 aromatic rings. The highest BCUT2D eigenvalue weighted by atomic mass is 35.5. The Kier molecular flexibility index (Phi) is 5.97. The van der Waals surface area contributed by atoms with Gasteiger partial charge in [-0.3, -0.25) is 14.2 Å². The van der Waals surface area contributed by atoms with E-state index in [1.807, 2.05) is 23.1 Å². The van der Waals surface area contributed by atoms with E-state index in [4.69, 9.17) is 11.6 Å². The van der Waals surface area contributed by atoms with E-state index in [0.717, 1.165) is 24.3 Å². The molecule has 0 aliphatic carbocycles. The Labute approximate surface area is 182 Å². The number of H-pyrrole nitrogens is 1. The molecule has 2 aromatic heterocycles. The third-order valence-electron chi connectivity index (χ3n) is 5.51. The van der Waals surface area contributed by atoms with Gasteiger partial charge in [-0.2, -0.15) is 0 Å². The third-order valence-corrected chi connectivity index (χ3v) is 6.65. The number of anilines is 1. The van der Waals surface area contributed by atoms with Crippen molar-refractivity contribution in [1.82, 2.24) is 14.5 Å². The number of aromatic amines is 1. The lowest BCUT2D eigenvalue weighted by Crippen LogP contribution is -2.49. The van der Waals surface area contributed by atoms with Crippen molar-refractivity contribution in [3.05, 3.63) is 61.1 Å². The van der Waals surface area contributed by atoms with E-state index in [-0.39, 0.29) is 18.0 Å². The van der Waals surface area contributed by atoms with Crippen LogP contribution in [-0.2, 0) is 11.3 Å². The van der Waals surface area contributed by atoms with Gasteiger partial charge in [0.2, 0.25) is 5.91 Å². The molecule has 9 heteroatoms. The highest BCUT2D eigenvalue weighted by Crippen LogP contribution is 2.25. The number of carbonyl (C=O) groups is 1. The summed E-state index contributed by atoms with van der Waals surface area (Å²) in [6, 6.07) is 7.58. The number of aromatic nitrogens is 2. The minimum atomic E-state index is -0.427. The van der Waals surface area contributed by atoms with Crippen molar-refractivity contribution >= 4 is 44.7 Å². The van der Waals surface area contributed by atoms with E-state index in [1.165, 1.54) is 15.9 Å². The Balaban J connectivity index is 1.32. The number of nitrogens with zero attached hydrogens (tertiary/aromatic N) is 3. The number of rotatable bonds is 5. The molecule has 1 aliphatic rings. The number of carbonyl (C=O) groups excluding carboxylic acids is 1. The summed E-state index contributed by atoms with van der Waals surface area (Å²) in [5.74, 6) is 0.0548. The van der Waals surface area contributed by atoms with Crippen LogP contribution in [0.1, 0.15) is 18.4 Å². The fourth-order valence-electron chi connectivity index (χ4n) is 3.84. The van der Waals surface area contributed by atoms with Crippen LogP contribution in [0.25, 0.3) is 10.2 Å². The summed E-state index contributed by atoms with van der Waals surface area (Å²) in [5, 5.41) is 2.49. The van der Waals surface area contributed by atoms with Crippen molar-refractivity contribution < 1.29 is 4.79 Å². The van der Waals surface area contributed by atoms with Crippen LogP contribution >= 0.6 is 22.9 Å². The van der Waals surface area contributed by atoms with E-state index in [1.54, 1.807) is 11.4 Å². The number of fused-ring (bicyclic) bond motifs is 1. The predicted octanol–water partition coefficient (Wildman–Crippen LogP) is 2.84. The third kappa shape index (κ3) is 4.15. The summed E-state index contributed by atoms with van der Waals surface area (Å²) >= 11 is 7.44. The Morgan fingerprint density at radius 3 is 2.70 bits per heavy atom. The lowest BCUT2D eigenvalue weighted by atomic mass is 10.1. The molecule has 4 rings (SSSR count). The molecule has 1 N–H and O–H groups in total. The van der Waals surface area contributed by atoms with Gasteiger partial charge in [-0.15, -0.1) is 11.3 Å². The second-order valence-corrected chi connectivity index (χ2v) is 8.81. The van der Waals surface area contributed by atoms with Gasteiger partial charge in [0.15, 0.2) is 0 Å². The number of thiophene rings is 1. The SMILES string of the molecule is Cc1ccc(Cl)cc1N1CCN(C(=O)CCCn2c(=O)[nH]c3ccsc3c2=O)CC1. The molecular weight excluding hydrogens is 424 g/mol. The van der Waals surface area contributed by atoms with Crippen LogP contribution in [0.3, 0.4) is 0 Å². The molecule has 0 unspecified atom stereocenters. The average Bonchev–Trinajstić information content (AvgIpc) is 3.21. The molecule has 0 spiro atoms. The molecule has 3 heterocycles. The Bertz CT molecular complexity index is 1190. The normalized spacial score (nSPS) is 14.5. The lowest BCUT2D eigenvalue weighted by molar-refractivity contribution is -0.131. The quantitative estimate of drug-likeness (QED) is 0.653. The highest BCUT2D eigenvalue weighted by Gasteiger charge is 2.22. The molecule has 1 fully saturated rings. The molecule has 0 atom stereocenters. The van der Waals surface area contributed by atoms with E-state index in [0.29, 0.717) is 41.2 Å². The molecule has 1 aliphatic heterocycles. The Morgan fingerprint density at radius 2 is 1.93 bits per heavy atom. The number of hydrogen-bond acceptors (Lipinski definition) is 5. The fourth-order valence-corrected chi connectivity index (χ4v) is 4.80. The molecule has 0 radical (unpaired) electrons. The van der Waals surface area contributed by atoms with Crippen LogP contribution in [0, 0.1) is 6.92 Å². The smallest absolute Gasteiger partial charge is 0.328 e. The van der Waals surface area contributed by atoms with Gasteiger partial charge in [-0.05, 0) is 42.5 Å². The molecular formula is C21H23ClN4O3S. The Morgan fingerprint density at radius 1 is 1.17 bits per heavy atom. The van der Waals surface area contributed by atoms with Crippen molar-refractivity contribution in [3.63, 3.8) is 0 Å². The topological polar surface area (TPSA) is 78.4 Å². The van der Waals surface area contributed by atoms with Crippen LogP contribution in [0.15, 0.2) is 39.2 Å². The van der Waals surface area contributed by atoms with Gasteiger partial charge in [0.05, 0.1) is 5.52 Å². The van der Waals surface area contributed by atoms with E-state index >= 15 is 0 Å². The first-order valence-electron chi connectivity index (χ1n) is 9.93. The molecule has 158 valence electrons. The second kappa shape index (κ2) is 8.65. The van der Waals surface area contributed by atoms with Gasteiger partial charge < -0.3 is 14.8 Å². The number of halogens is 1. The van der Waals surface area contributed by atoms with Gasteiger partial charge in [0.1, 0.15) is 4.70 Å². The zero-order chi connectivity index (χ0) is 21.3. The molecule has 0 bridgehead atoms. The lowest BCUT2D eigenvalue weighted by Gasteiger charge is -2.37. The summed E-state index contributed by atoms with van der Waals surface area (Å²) in [4.78, 5) is 44.0. The Hall–Kier alpha value is -2.58. The maximum Gasteiger partial charge on any atom is 0.328 e. The van der Waals surface area contributed by atoms with Crippen LogP contribution in [-0.4, -0.2) is 46.5 Å². The summed E-state index contributed by atoms with van der Waals surface area (Å²) in [5.41, 5.74) is 2.12. The minimum Gasteiger partial charge on any atom is -0.368 e. The van der Waals surface area contributed by atoms with Gasteiger partial charge in [0.25, 0.3) is 5.56 Å². The minimum absolute atomic E-state index is 0.0548. The number of benzene rings is 1. The summed E-state index contributed by atoms with van der Waals surface area (Å²) in [6.45, 7) is 5.08. The molecule has 30 heavy (non-hydrogen) atoms. The maximum atomic E-state index is 12.6. The van der Waals surface area contributed by atoms with E-state index in [9.17, 15) is 14.4 Å². The number of piperazine rings is 1. The maximum absolute atomic E-state index is 12.6. The van der Waals surface area contributed by atoms with Crippen molar-refractivity contribution in [2.24, 2.45) is 0 Å². The summed E-state index contributed by atoms with van der Waals surface area (Å²) in [7, 11) is 0. The monoisotopic (exact) mass is 446 g/mol. The fraction of sp³-hybridized carbons (Fsp3) is 0.381. The number of amides is 1. The van der Waals surface area contributed by atoms with Gasteiger partial charge >= 0.3 is 5.69 Å². The summed E-state index contributed by atoms with van der Waals surface area (Å²) < 4.78 is 1.72. The van der Waals surface area contributed by atoms with Crippen molar-refractivity contribution in [3.8, 4) is 0 Å². The second-order valence-electron chi connectivity index (χ2n) is 7.45. The molecule has 1 aromatic carbocycles. The first-order chi connectivity index (χ1) is 14.4. The molecule has 7 nitrogen and oxygen atoms in total. The first-order valence-corrected chi connectivity index (χ1v) is 11.2. The number of aryl methyl sites for hydroxylation is 1. The highest BCUT2D eigenvalue weighted by molar-refractivity contribution is 7.17. The van der Waals surface area contributed by atoms with Crippen molar-refractivity contribution in [1.29, 1.82) is 0 Å². The average molecular weight is 447 g/mol. The van der Waals surface area contributed by atoms with Gasteiger partial charge in [-0.25, -0.2) is 4.79 Å². The molecule has 0 saturated carbocycles. The standard InChI is InChI=1S/C21H23ClN4O3S/c1-14-4-5-15(22)13-17(14)24-8-10-25(11-9-24)18(27)3-2-7-26-20(28)19-16(6-12-30-19)23-21(26)29/h4-6,12-13H,2-3,7-11H2,1H3,(H,23,29). The zero-order valence-corrected chi connectivity index (χ0v) is 18.3. The van der Waals surface area contributed by atoms with Crippen molar-refractivity contribution in [2.45, 2.75) is 26.3 Å². The van der Waals surface area contributed by atoms with Gasteiger partial charge in [0, 0.05) is 49.9 Å². The van der Waals surface area contributed by atoms with Crippen LogP contribution in [0.2, 0.25) is 5.02 Å².